The van der Waals surface area contributed by atoms with E-state index in [1.54, 1.807) is 24.1 Å². The minimum Gasteiger partial charge on any atom is -0.276 e. The third kappa shape index (κ3) is 3.36. The minimum atomic E-state index is -3.92. The van der Waals surface area contributed by atoms with Gasteiger partial charge in [0.25, 0.3) is 10.0 Å². The van der Waals surface area contributed by atoms with Gasteiger partial charge in [-0.25, -0.2) is 22.5 Å². The Labute approximate surface area is 110 Å². The van der Waals surface area contributed by atoms with E-state index in [2.05, 4.69) is 14.8 Å². The first-order valence-electron chi connectivity index (χ1n) is 5.57. The summed E-state index contributed by atoms with van der Waals surface area (Å²) in [5, 5.41) is 3.39. The number of hydrogen-bond acceptors (Lipinski definition) is 4. The van der Waals surface area contributed by atoms with Gasteiger partial charge >= 0.3 is 0 Å². The molecule has 0 aliphatic carbocycles. The maximum atomic E-state index is 13.3. The molecule has 0 unspecified atom stereocenters. The van der Waals surface area contributed by atoms with E-state index >= 15 is 0 Å². The van der Waals surface area contributed by atoms with Gasteiger partial charge in [0.1, 0.15) is 0 Å². The number of halogens is 1. The largest absolute Gasteiger partial charge is 0.276 e. The van der Waals surface area contributed by atoms with Gasteiger partial charge in [-0.3, -0.25) is 4.68 Å². The van der Waals surface area contributed by atoms with E-state index < -0.39 is 20.9 Å². The van der Waals surface area contributed by atoms with E-state index in [9.17, 15) is 12.8 Å². The van der Waals surface area contributed by atoms with Crippen molar-refractivity contribution >= 4 is 10.0 Å². The van der Waals surface area contributed by atoms with Gasteiger partial charge < -0.3 is 0 Å². The monoisotopic (exact) mass is 284 g/mol. The second-order valence-electron chi connectivity index (χ2n) is 3.96. The molecule has 19 heavy (non-hydrogen) atoms. The molecule has 2 heterocycles. The third-order valence-corrected chi connectivity index (χ3v) is 3.84. The Morgan fingerprint density at radius 1 is 1.47 bits per heavy atom. The molecule has 2 aromatic heterocycles. The smallest absolute Gasteiger partial charge is 0.261 e. The maximum Gasteiger partial charge on any atom is 0.261 e. The Kier molecular flexibility index (Phi) is 3.91. The average Bonchev–Trinajstić information content (AvgIpc) is 2.75. The number of hydrogen-bond donors (Lipinski definition) is 1. The molecular weight excluding hydrogens is 271 g/mol. The predicted molar refractivity (Wildman–Crippen MR) is 66.3 cm³/mol. The van der Waals surface area contributed by atoms with Crippen LogP contribution in [0.25, 0.3) is 0 Å². The lowest BCUT2D eigenvalue weighted by atomic mass is 10.3. The summed E-state index contributed by atoms with van der Waals surface area (Å²) in [6.45, 7) is 0.157. The van der Waals surface area contributed by atoms with E-state index in [1.807, 2.05) is 0 Å². The topological polar surface area (TPSA) is 76.9 Å². The van der Waals surface area contributed by atoms with Crippen molar-refractivity contribution in [1.82, 2.24) is 19.5 Å². The van der Waals surface area contributed by atoms with Gasteiger partial charge in [0, 0.05) is 26.0 Å². The van der Waals surface area contributed by atoms with Gasteiger partial charge in [-0.2, -0.15) is 5.10 Å². The summed E-state index contributed by atoms with van der Waals surface area (Å²) in [4.78, 5) is 3.54. The van der Waals surface area contributed by atoms with Crippen LogP contribution < -0.4 is 4.72 Å². The van der Waals surface area contributed by atoms with Crippen LogP contribution in [0.3, 0.4) is 0 Å². The summed E-state index contributed by atoms with van der Waals surface area (Å²) >= 11 is 0. The number of sulfonamides is 1. The first kappa shape index (κ1) is 13.6. The highest BCUT2D eigenvalue weighted by Gasteiger charge is 2.19. The van der Waals surface area contributed by atoms with E-state index in [0.717, 1.165) is 11.6 Å². The van der Waals surface area contributed by atoms with Gasteiger partial charge in [0.05, 0.1) is 6.20 Å². The zero-order valence-electron chi connectivity index (χ0n) is 10.2. The molecule has 0 fully saturated rings. The number of aryl methyl sites for hydroxylation is 1. The molecule has 0 saturated heterocycles. The lowest BCUT2D eigenvalue weighted by Crippen LogP contribution is -2.27. The molecule has 0 spiro atoms. The zero-order valence-corrected chi connectivity index (χ0v) is 11.1. The fourth-order valence-corrected chi connectivity index (χ4v) is 2.60. The van der Waals surface area contributed by atoms with Gasteiger partial charge in [-0.15, -0.1) is 0 Å². The fraction of sp³-hybridized carbons (Fsp3) is 0.273. The van der Waals surface area contributed by atoms with Crippen molar-refractivity contribution in [2.45, 2.75) is 11.4 Å². The van der Waals surface area contributed by atoms with Crippen molar-refractivity contribution in [3.63, 3.8) is 0 Å². The highest BCUT2D eigenvalue weighted by atomic mass is 32.2. The molecular formula is C11H13FN4O2S. The van der Waals surface area contributed by atoms with Gasteiger partial charge in [0.15, 0.2) is 5.82 Å². The van der Waals surface area contributed by atoms with E-state index in [4.69, 9.17) is 0 Å². The molecule has 6 nitrogen and oxygen atoms in total. The predicted octanol–water partition coefficient (Wildman–Crippen LogP) is 0.475. The fourth-order valence-electron chi connectivity index (χ4n) is 1.57. The Hall–Kier alpha value is -1.80. The van der Waals surface area contributed by atoms with Crippen molar-refractivity contribution in [3.05, 3.63) is 42.1 Å². The summed E-state index contributed by atoms with van der Waals surface area (Å²) in [7, 11) is -2.14. The van der Waals surface area contributed by atoms with Gasteiger partial charge in [-0.05, 0) is 24.1 Å². The molecule has 0 atom stereocenters. The first-order chi connectivity index (χ1) is 8.99. The van der Waals surface area contributed by atoms with Crippen LogP contribution in [-0.2, 0) is 23.5 Å². The van der Waals surface area contributed by atoms with Crippen LogP contribution >= 0.6 is 0 Å². The molecule has 102 valence electrons. The normalized spacial score (nSPS) is 11.7. The van der Waals surface area contributed by atoms with Crippen molar-refractivity contribution in [2.75, 3.05) is 6.54 Å². The van der Waals surface area contributed by atoms with Crippen LogP contribution in [0.1, 0.15) is 5.56 Å². The van der Waals surface area contributed by atoms with Crippen LogP contribution in [0.4, 0.5) is 4.39 Å². The molecule has 0 aliphatic heterocycles. The standard InChI is InChI=1S/C11H13FN4O2S/c1-16-8-9(7-14-16)4-6-15-19(17,18)11-10(12)3-2-5-13-11/h2-3,5,7-8,15H,4,6H2,1H3. The SMILES string of the molecule is Cn1cc(CCNS(=O)(=O)c2ncccc2F)cn1. The average molecular weight is 284 g/mol. The minimum absolute atomic E-state index is 0.157. The van der Waals surface area contributed by atoms with Crippen molar-refractivity contribution < 1.29 is 12.8 Å². The Morgan fingerprint density at radius 2 is 2.26 bits per heavy atom. The van der Waals surface area contributed by atoms with Crippen LogP contribution in [0.5, 0.6) is 0 Å². The first-order valence-corrected chi connectivity index (χ1v) is 7.05. The molecule has 0 radical (unpaired) electrons. The molecule has 2 aromatic rings. The van der Waals surface area contributed by atoms with E-state index in [-0.39, 0.29) is 6.54 Å². The molecule has 0 aliphatic rings. The number of rotatable bonds is 5. The van der Waals surface area contributed by atoms with Crippen molar-refractivity contribution in [3.8, 4) is 0 Å². The van der Waals surface area contributed by atoms with Crippen LogP contribution in [0, 0.1) is 5.82 Å². The highest BCUT2D eigenvalue weighted by molar-refractivity contribution is 7.89. The van der Waals surface area contributed by atoms with Crippen LogP contribution in [0.15, 0.2) is 35.7 Å². The molecule has 0 amide bonds. The number of nitrogens with one attached hydrogen (secondary N) is 1. The van der Waals surface area contributed by atoms with Gasteiger partial charge in [-0.1, -0.05) is 0 Å². The number of nitrogens with zero attached hydrogens (tertiary/aromatic N) is 3. The Balaban J connectivity index is 2.01. The highest BCUT2D eigenvalue weighted by Crippen LogP contribution is 2.09. The van der Waals surface area contributed by atoms with Gasteiger partial charge in [0.2, 0.25) is 5.03 Å². The quantitative estimate of drug-likeness (QED) is 0.866. The Morgan fingerprint density at radius 3 is 2.89 bits per heavy atom. The lowest BCUT2D eigenvalue weighted by Gasteiger charge is -2.05. The zero-order chi connectivity index (χ0) is 13.9. The molecule has 0 bridgehead atoms. The van der Waals surface area contributed by atoms with Crippen LogP contribution in [-0.4, -0.2) is 29.7 Å². The third-order valence-electron chi connectivity index (χ3n) is 2.44. The lowest BCUT2D eigenvalue weighted by molar-refractivity contribution is 0.545. The maximum absolute atomic E-state index is 13.3. The number of pyridine rings is 1. The second kappa shape index (κ2) is 5.45. The summed E-state index contributed by atoms with van der Waals surface area (Å²) in [6, 6.07) is 2.40. The summed E-state index contributed by atoms with van der Waals surface area (Å²) in [5.41, 5.74) is 0.895. The van der Waals surface area contributed by atoms with E-state index in [0.29, 0.717) is 6.42 Å². The summed E-state index contributed by atoms with van der Waals surface area (Å²) in [6.07, 6.45) is 5.14. The molecule has 0 saturated carbocycles. The van der Waals surface area contributed by atoms with E-state index in [1.165, 1.54) is 12.3 Å². The summed E-state index contributed by atoms with van der Waals surface area (Å²) in [5.74, 6) is -0.864. The number of aromatic nitrogens is 3. The molecule has 1 N–H and O–H groups in total. The van der Waals surface area contributed by atoms with Crippen molar-refractivity contribution in [2.24, 2.45) is 7.05 Å². The molecule has 8 heteroatoms. The van der Waals surface area contributed by atoms with Crippen LogP contribution in [0.2, 0.25) is 0 Å². The summed E-state index contributed by atoms with van der Waals surface area (Å²) < 4.78 is 40.9. The molecule has 2 rings (SSSR count). The Bertz CT molecular complexity index is 669. The molecule has 0 aromatic carbocycles. The second-order valence-corrected chi connectivity index (χ2v) is 5.64. The van der Waals surface area contributed by atoms with Crippen molar-refractivity contribution in [1.29, 1.82) is 0 Å².